The molecule has 1 aliphatic carbocycles. The summed E-state index contributed by atoms with van der Waals surface area (Å²) in [7, 11) is 0. The molecule has 0 bridgehead atoms. The molecule has 2 nitrogen and oxygen atoms in total. The zero-order chi connectivity index (χ0) is 10.6. The van der Waals surface area contributed by atoms with Gasteiger partial charge in [0.25, 0.3) is 0 Å². The van der Waals surface area contributed by atoms with E-state index < -0.39 is 0 Å². The maximum absolute atomic E-state index is 11.1. The molecule has 0 amide bonds. The molecule has 1 fully saturated rings. The Morgan fingerprint density at radius 3 is 2.57 bits per heavy atom. The first-order valence-corrected chi connectivity index (χ1v) is 5.88. The topological polar surface area (TPSA) is 20.3 Å². The van der Waals surface area contributed by atoms with E-state index in [0.29, 0.717) is 11.7 Å². The number of hydrogen-bond acceptors (Lipinski definition) is 2. The molecule has 1 rings (SSSR count). The molecule has 14 heavy (non-hydrogen) atoms. The highest BCUT2D eigenvalue weighted by molar-refractivity contribution is 5.86. The summed E-state index contributed by atoms with van der Waals surface area (Å²) in [4.78, 5) is 13.6. The number of rotatable bonds is 6. The summed E-state index contributed by atoms with van der Waals surface area (Å²) in [6.45, 7) is 10.1. The van der Waals surface area contributed by atoms with Gasteiger partial charge in [-0.3, -0.25) is 4.79 Å². The highest BCUT2D eigenvalue weighted by atomic mass is 16.1. The van der Waals surface area contributed by atoms with Gasteiger partial charge in [0.15, 0.2) is 0 Å². The Kier molecular flexibility index (Phi) is 4.59. The summed E-state index contributed by atoms with van der Waals surface area (Å²) in [5.74, 6) is 1.62. The minimum Gasteiger partial charge on any atom is -0.303 e. The summed E-state index contributed by atoms with van der Waals surface area (Å²) < 4.78 is 0. The average molecular weight is 197 g/mol. The lowest BCUT2D eigenvalue weighted by Crippen LogP contribution is -2.33. The predicted octanol–water partition coefficient (Wildman–Crippen LogP) is 2.33. The van der Waals surface area contributed by atoms with Gasteiger partial charge in [0, 0.05) is 18.9 Å². The van der Waals surface area contributed by atoms with Crippen molar-refractivity contribution in [3.8, 4) is 0 Å². The van der Waals surface area contributed by atoms with Crippen molar-refractivity contribution in [3.05, 3.63) is 0 Å². The Bertz CT molecular complexity index is 189. The van der Waals surface area contributed by atoms with E-state index in [1.807, 2.05) is 0 Å². The van der Waals surface area contributed by atoms with Gasteiger partial charge < -0.3 is 4.90 Å². The van der Waals surface area contributed by atoms with Gasteiger partial charge in [-0.25, -0.2) is 0 Å². The predicted molar refractivity (Wildman–Crippen MR) is 59.3 cm³/mol. The molecule has 82 valence electrons. The maximum Gasteiger partial charge on any atom is 0.136 e. The first-order valence-electron chi connectivity index (χ1n) is 5.88. The van der Waals surface area contributed by atoms with Crippen LogP contribution in [0.4, 0.5) is 0 Å². The zero-order valence-electron chi connectivity index (χ0n) is 9.75. The van der Waals surface area contributed by atoms with Gasteiger partial charge in [-0.15, -0.1) is 0 Å². The first-order chi connectivity index (χ1) is 6.63. The molecule has 1 saturated carbocycles. The molecule has 0 aliphatic heterocycles. The van der Waals surface area contributed by atoms with E-state index >= 15 is 0 Å². The van der Waals surface area contributed by atoms with Crippen molar-refractivity contribution < 1.29 is 4.79 Å². The maximum atomic E-state index is 11.1. The lowest BCUT2D eigenvalue weighted by molar-refractivity contribution is -0.129. The third-order valence-electron chi connectivity index (χ3n) is 3.06. The van der Waals surface area contributed by atoms with E-state index in [9.17, 15) is 4.79 Å². The smallest absolute Gasteiger partial charge is 0.136 e. The third-order valence-corrected chi connectivity index (χ3v) is 3.06. The number of carbonyl (C=O) groups excluding carboxylic acids is 1. The molecular formula is C12H23NO. The molecule has 1 aliphatic rings. The Morgan fingerprint density at radius 1 is 1.50 bits per heavy atom. The molecule has 0 saturated heterocycles. The number of Topliss-reactive ketones (excluding diaryl/α,β-unsaturated/α-hetero) is 1. The van der Waals surface area contributed by atoms with Crippen LogP contribution in [0, 0.1) is 11.8 Å². The minimum atomic E-state index is 0.399. The van der Waals surface area contributed by atoms with Crippen LogP contribution in [0.15, 0.2) is 0 Å². The Morgan fingerprint density at radius 2 is 2.21 bits per heavy atom. The van der Waals surface area contributed by atoms with E-state index in [1.165, 1.54) is 0 Å². The second kappa shape index (κ2) is 5.50. The highest BCUT2D eigenvalue weighted by Crippen LogP contribution is 2.25. The molecule has 1 atom stereocenters. The minimum absolute atomic E-state index is 0.399. The largest absolute Gasteiger partial charge is 0.303 e. The molecule has 0 N–H and O–H groups in total. The standard InChI is InChI=1S/C12H23NO/c1-4-13(9-10(2)3)8-7-11-5-6-12(11)14/h10-11H,4-9H2,1-3H3. The van der Waals surface area contributed by atoms with Crippen molar-refractivity contribution in [2.75, 3.05) is 19.6 Å². The van der Waals surface area contributed by atoms with Crippen LogP contribution in [0.5, 0.6) is 0 Å². The van der Waals surface area contributed by atoms with Crippen LogP contribution in [0.3, 0.4) is 0 Å². The van der Waals surface area contributed by atoms with Crippen molar-refractivity contribution >= 4 is 5.78 Å². The van der Waals surface area contributed by atoms with Gasteiger partial charge >= 0.3 is 0 Å². The lowest BCUT2D eigenvalue weighted by Gasteiger charge is -2.28. The fourth-order valence-electron chi connectivity index (χ4n) is 2.00. The normalized spacial score (nSPS) is 21.8. The molecule has 0 aromatic rings. The molecule has 0 spiro atoms. The van der Waals surface area contributed by atoms with E-state index in [4.69, 9.17) is 0 Å². The van der Waals surface area contributed by atoms with Crippen LogP contribution < -0.4 is 0 Å². The Labute approximate surface area is 87.7 Å². The third kappa shape index (κ3) is 3.41. The number of nitrogens with zero attached hydrogens (tertiary/aromatic N) is 1. The fraction of sp³-hybridized carbons (Fsp3) is 0.917. The van der Waals surface area contributed by atoms with Crippen molar-refractivity contribution in [3.63, 3.8) is 0 Å². The summed E-state index contributed by atoms with van der Waals surface area (Å²) in [5.41, 5.74) is 0. The van der Waals surface area contributed by atoms with E-state index in [0.717, 1.165) is 44.8 Å². The summed E-state index contributed by atoms with van der Waals surface area (Å²) in [6.07, 6.45) is 3.05. The second-order valence-corrected chi connectivity index (χ2v) is 4.78. The SMILES string of the molecule is CCN(CCC1CCC1=O)CC(C)C. The monoisotopic (exact) mass is 197 g/mol. The van der Waals surface area contributed by atoms with Crippen LogP contribution in [-0.4, -0.2) is 30.3 Å². The molecule has 0 aromatic heterocycles. The molecule has 0 aromatic carbocycles. The van der Waals surface area contributed by atoms with Crippen LogP contribution in [0.25, 0.3) is 0 Å². The average Bonchev–Trinajstić information content (AvgIpc) is 2.13. The lowest BCUT2D eigenvalue weighted by atomic mass is 9.81. The first kappa shape index (κ1) is 11.7. The Hall–Kier alpha value is -0.370. The van der Waals surface area contributed by atoms with Gasteiger partial charge in [0.1, 0.15) is 5.78 Å². The summed E-state index contributed by atoms with van der Waals surface area (Å²) in [5, 5.41) is 0. The highest BCUT2D eigenvalue weighted by Gasteiger charge is 2.27. The quantitative estimate of drug-likeness (QED) is 0.651. The number of hydrogen-bond donors (Lipinski definition) is 0. The molecule has 1 unspecified atom stereocenters. The Balaban J connectivity index is 2.16. The van der Waals surface area contributed by atoms with Gasteiger partial charge in [-0.1, -0.05) is 20.8 Å². The summed E-state index contributed by atoms with van der Waals surface area (Å²) in [6, 6.07) is 0. The van der Waals surface area contributed by atoms with E-state index in [2.05, 4.69) is 25.7 Å². The zero-order valence-corrected chi connectivity index (χ0v) is 9.75. The van der Waals surface area contributed by atoms with Crippen molar-refractivity contribution in [2.45, 2.75) is 40.0 Å². The molecule has 0 radical (unpaired) electrons. The van der Waals surface area contributed by atoms with Gasteiger partial charge in [-0.2, -0.15) is 0 Å². The van der Waals surface area contributed by atoms with Gasteiger partial charge in [0.05, 0.1) is 0 Å². The summed E-state index contributed by atoms with van der Waals surface area (Å²) >= 11 is 0. The van der Waals surface area contributed by atoms with Crippen LogP contribution in [0.2, 0.25) is 0 Å². The number of carbonyl (C=O) groups is 1. The fourth-order valence-corrected chi connectivity index (χ4v) is 2.00. The van der Waals surface area contributed by atoms with E-state index in [-0.39, 0.29) is 0 Å². The van der Waals surface area contributed by atoms with Crippen molar-refractivity contribution in [1.29, 1.82) is 0 Å². The van der Waals surface area contributed by atoms with Crippen LogP contribution in [0.1, 0.15) is 40.0 Å². The van der Waals surface area contributed by atoms with Crippen LogP contribution >= 0.6 is 0 Å². The van der Waals surface area contributed by atoms with Crippen LogP contribution in [-0.2, 0) is 4.79 Å². The van der Waals surface area contributed by atoms with E-state index in [1.54, 1.807) is 0 Å². The van der Waals surface area contributed by atoms with Crippen molar-refractivity contribution in [2.24, 2.45) is 11.8 Å². The van der Waals surface area contributed by atoms with Gasteiger partial charge in [-0.05, 0) is 31.8 Å². The van der Waals surface area contributed by atoms with Gasteiger partial charge in [0.2, 0.25) is 0 Å². The van der Waals surface area contributed by atoms with Crippen molar-refractivity contribution in [1.82, 2.24) is 4.90 Å². The molecule has 0 heterocycles. The second-order valence-electron chi connectivity index (χ2n) is 4.78. The molecule has 2 heteroatoms. The number of ketones is 1. The molecular weight excluding hydrogens is 174 g/mol.